The second-order valence-electron chi connectivity index (χ2n) is 3.57. The topological polar surface area (TPSA) is 0 Å². The van der Waals surface area contributed by atoms with Crippen LogP contribution in [0.5, 0.6) is 0 Å². The van der Waals surface area contributed by atoms with E-state index < -0.39 is 0 Å². The van der Waals surface area contributed by atoms with E-state index in [4.69, 9.17) is 0 Å². The molecule has 0 nitrogen and oxygen atoms in total. The summed E-state index contributed by atoms with van der Waals surface area (Å²) in [5.41, 5.74) is 4.12. The first-order valence-corrected chi connectivity index (χ1v) is 5.57. The highest BCUT2D eigenvalue weighted by atomic mass is 14.1. The molecule has 3 rings (SSSR count). The van der Waals surface area contributed by atoms with Crippen LogP contribution in [0.3, 0.4) is 0 Å². The van der Waals surface area contributed by atoms with Gasteiger partial charge in [0.2, 0.25) is 0 Å². The third-order valence-corrected chi connectivity index (χ3v) is 2.77. The summed E-state index contributed by atoms with van der Waals surface area (Å²) < 4.78 is 0. The number of aryl methyl sites for hydroxylation is 1. The summed E-state index contributed by atoms with van der Waals surface area (Å²) in [5, 5.41) is 2.77. The van der Waals surface area contributed by atoms with E-state index in [2.05, 4.69) is 49.4 Å². The summed E-state index contributed by atoms with van der Waals surface area (Å²) in [7, 11) is 0. The first kappa shape index (κ1) is 9.97. The molecule has 0 unspecified atom stereocenters. The minimum atomic E-state index is 1.35. The van der Waals surface area contributed by atoms with Crippen LogP contribution in [0.1, 0.15) is 30.5 Å². The first-order valence-electron chi connectivity index (χ1n) is 5.57. The van der Waals surface area contributed by atoms with E-state index in [1.165, 1.54) is 27.5 Å². The maximum atomic E-state index is 2.22. The molecule has 0 atom stereocenters. The van der Waals surface area contributed by atoms with Crippen LogP contribution < -0.4 is 0 Å². The van der Waals surface area contributed by atoms with Crippen LogP contribution in [0.2, 0.25) is 0 Å². The molecule has 0 saturated carbocycles. The molecule has 2 aromatic carbocycles. The number of hydrogen-bond donors (Lipinski definition) is 0. The lowest BCUT2D eigenvalue weighted by molar-refractivity contribution is 1.49. The lowest BCUT2D eigenvalue weighted by Gasteiger charge is -2.03. The van der Waals surface area contributed by atoms with E-state index in [9.17, 15) is 0 Å². The van der Waals surface area contributed by atoms with Crippen molar-refractivity contribution in [1.82, 2.24) is 0 Å². The number of hydrogen-bond acceptors (Lipinski definition) is 0. The second-order valence-corrected chi connectivity index (χ2v) is 3.57. The van der Waals surface area contributed by atoms with E-state index in [0.29, 0.717) is 0 Å². The molecule has 1 aliphatic rings. The van der Waals surface area contributed by atoms with E-state index in [1.54, 1.807) is 0 Å². The van der Waals surface area contributed by atoms with Gasteiger partial charge < -0.3 is 0 Å². The molecular formula is C15H16. The fraction of sp³-hybridized carbons (Fsp3) is 0.200. The Morgan fingerprint density at radius 1 is 0.867 bits per heavy atom. The summed E-state index contributed by atoms with van der Waals surface area (Å²) in [6.07, 6.45) is 4.41. The maximum Gasteiger partial charge on any atom is -0.00362 e. The van der Waals surface area contributed by atoms with Crippen LogP contribution in [0.4, 0.5) is 0 Å². The monoisotopic (exact) mass is 196 g/mol. The van der Waals surface area contributed by atoms with Crippen molar-refractivity contribution >= 4 is 22.9 Å². The molecule has 1 aliphatic carbocycles. The van der Waals surface area contributed by atoms with Crippen LogP contribution >= 0.6 is 0 Å². The van der Waals surface area contributed by atoms with Crippen LogP contribution in [-0.4, -0.2) is 0 Å². The normalized spacial score (nSPS) is 11.4. The van der Waals surface area contributed by atoms with Gasteiger partial charge in [0, 0.05) is 0 Å². The Balaban J connectivity index is 0.000000404. The summed E-state index contributed by atoms with van der Waals surface area (Å²) in [5.74, 6) is 0. The highest BCUT2D eigenvalue weighted by Gasteiger charge is 2.09. The smallest absolute Gasteiger partial charge is 0.00362 e. The van der Waals surface area contributed by atoms with Crippen molar-refractivity contribution in [3.63, 3.8) is 0 Å². The van der Waals surface area contributed by atoms with E-state index in [1.807, 2.05) is 13.8 Å². The second kappa shape index (κ2) is 3.90. The number of rotatable bonds is 0. The van der Waals surface area contributed by atoms with E-state index >= 15 is 0 Å². The molecule has 0 bridgehead atoms. The zero-order chi connectivity index (χ0) is 10.8. The Morgan fingerprint density at radius 2 is 1.67 bits per heavy atom. The molecule has 0 spiro atoms. The van der Waals surface area contributed by atoms with Gasteiger partial charge in [-0.15, -0.1) is 0 Å². The van der Waals surface area contributed by atoms with Gasteiger partial charge >= 0.3 is 0 Å². The highest BCUT2D eigenvalue weighted by molar-refractivity contribution is 6.05. The van der Waals surface area contributed by atoms with Gasteiger partial charge in [-0.05, 0) is 34.4 Å². The van der Waals surface area contributed by atoms with Gasteiger partial charge in [-0.25, -0.2) is 0 Å². The third-order valence-electron chi connectivity index (χ3n) is 2.77. The molecule has 0 saturated heterocycles. The van der Waals surface area contributed by atoms with E-state index in [-0.39, 0.29) is 0 Å². The Bertz CT molecular complexity index is 519. The molecule has 0 N–H and O–H groups in total. The summed E-state index contributed by atoms with van der Waals surface area (Å²) in [6, 6.07) is 10.9. The third kappa shape index (κ3) is 1.46. The summed E-state index contributed by atoms with van der Waals surface area (Å²) in [6.45, 7) is 6.17. The lowest BCUT2D eigenvalue weighted by Crippen LogP contribution is -1.81. The fourth-order valence-corrected chi connectivity index (χ4v) is 2.07. The molecule has 76 valence electrons. The van der Waals surface area contributed by atoms with Gasteiger partial charge in [-0.2, -0.15) is 0 Å². The molecule has 0 radical (unpaired) electrons. The molecule has 0 aromatic heterocycles. The van der Waals surface area contributed by atoms with Crippen LogP contribution in [0.15, 0.2) is 30.3 Å². The lowest BCUT2D eigenvalue weighted by atomic mass is 10.0. The largest absolute Gasteiger partial charge is 0.0683 e. The zero-order valence-electron chi connectivity index (χ0n) is 9.54. The van der Waals surface area contributed by atoms with Crippen molar-refractivity contribution in [1.29, 1.82) is 0 Å². The molecule has 0 fully saturated rings. The highest BCUT2D eigenvalue weighted by Crippen LogP contribution is 2.32. The van der Waals surface area contributed by atoms with Crippen LogP contribution in [-0.2, 0) is 0 Å². The molecule has 0 amide bonds. The fourth-order valence-electron chi connectivity index (χ4n) is 2.07. The van der Waals surface area contributed by atoms with Crippen molar-refractivity contribution in [2.75, 3.05) is 0 Å². The Labute approximate surface area is 91.2 Å². The van der Waals surface area contributed by atoms with E-state index in [0.717, 1.165) is 0 Å². The average Bonchev–Trinajstić information content (AvgIpc) is 2.73. The molecule has 0 heterocycles. The minimum Gasteiger partial charge on any atom is -0.0683 e. The van der Waals surface area contributed by atoms with Gasteiger partial charge in [-0.3, -0.25) is 0 Å². The van der Waals surface area contributed by atoms with Crippen LogP contribution in [0, 0.1) is 6.92 Å². The van der Waals surface area contributed by atoms with Crippen molar-refractivity contribution in [3.8, 4) is 0 Å². The van der Waals surface area contributed by atoms with Crippen molar-refractivity contribution < 1.29 is 0 Å². The maximum absolute atomic E-state index is 2.22. The van der Waals surface area contributed by atoms with Gasteiger partial charge in [0.1, 0.15) is 0 Å². The predicted octanol–water partition coefficient (Wildman–Crippen LogP) is 4.66. The first-order chi connectivity index (χ1) is 7.36. The molecular weight excluding hydrogens is 180 g/mol. The Kier molecular flexibility index (Phi) is 2.59. The quantitative estimate of drug-likeness (QED) is 0.490. The summed E-state index contributed by atoms with van der Waals surface area (Å²) >= 11 is 0. The van der Waals surface area contributed by atoms with Gasteiger partial charge in [0.15, 0.2) is 0 Å². The van der Waals surface area contributed by atoms with Crippen molar-refractivity contribution in [3.05, 3.63) is 47.0 Å². The standard InChI is InChI=1S/C13H10.C2H6/c1-9-5-6-10-3-2-4-11-7-8-12(9)13(10)11;1-2/h2-8H,1H3;1-2H3. The Morgan fingerprint density at radius 3 is 2.47 bits per heavy atom. The predicted molar refractivity (Wildman–Crippen MR) is 69.0 cm³/mol. The molecule has 2 aromatic rings. The average molecular weight is 196 g/mol. The van der Waals surface area contributed by atoms with Crippen molar-refractivity contribution in [2.24, 2.45) is 0 Å². The Hall–Kier alpha value is -1.56. The van der Waals surface area contributed by atoms with Gasteiger partial charge in [0.05, 0.1) is 0 Å². The SMILES string of the molecule is CC.Cc1ccc2cccc3c2c1C=C3. The van der Waals surface area contributed by atoms with Gasteiger partial charge in [-0.1, -0.05) is 56.3 Å². The zero-order valence-corrected chi connectivity index (χ0v) is 9.54. The minimum absolute atomic E-state index is 1.35. The van der Waals surface area contributed by atoms with Gasteiger partial charge in [0.25, 0.3) is 0 Å². The van der Waals surface area contributed by atoms with Crippen LogP contribution in [0.25, 0.3) is 22.9 Å². The molecule has 0 heteroatoms. The number of benzene rings is 2. The molecule has 15 heavy (non-hydrogen) atoms. The van der Waals surface area contributed by atoms with Crippen molar-refractivity contribution in [2.45, 2.75) is 20.8 Å². The molecule has 0 aliphatic heterocycles. The summed E-state index contributed by atoms with van der Waals surface area (Å²) in [4.78, 5) is 0.